The van der Waals surface area contributed by atoms with Gasteiger partial charge >= 0.3 is 25.6 Å². The van der Waals surface area contributed by atoms with Crippen LogP contribution >= 0.6 is 7.82 Å². The first-order valence-electron chi connectivity index (χ1n) is 9.92. The first-order valence-corrected chi connectivity index (χ1v) is 11.4. The first kappa shape index (κ1) is 21.9. The topological polar surface area (TPSA) is 151 Å². The number of ether oxygens (including phenoxy) is 1. The number of hydrogen-bond donors (Lipinski definition) is 1. The Morgan fingerprint density at radius 3 is 2.69 bits per heavy atom. The largest absolute Gasteiger partial charge is 0.486 e. The third-order valence-electron chi connectivity index (χ3n) is 5.57. The van der Waals surface area contributed by atoms with Gasteiger partial charge in [0.15, 0.2) is 6.10 Å². The van der Waals surface area contributed by atoms with Crippen molar-refractivity contribution in [1.29, 1.82) is 0 Å². The van der Waals surface area contributed by atoms with Gasteiger partial charge in [-0.15, -0.1) is 15.0 Å². The van der Waals surface area contributed by atoms with Crippen LogP contribution in [0.1, 0.15) is 0 Å². The lowest BCUT2D eigenvalue weighted by molar-refractivity contribution is -0.282. The highest BCUT2D eigenvalue weighted by molar-refractivity contribution is 7.50. The fourth-order valence-electron chi connectivity index (χ4n) is 4.00. The van der Waals surface area contributed by atoms with Crippen molar-refractivity contribution in [3.05, 3.63) is 48.9 Å². The second-order valence-corrected chi connectivity index (χ2v) is 9.00. The summed E-state index contributed by atoms with van der Waals surface area (Å²) in [6.45, 7) is 2.10. The van der Waals surface area contributed by atoms with Crippen LogP contribution in [0.2, 0.25) is 0 Å². The van der Waals surface area contributed by atoms with Crippen LogP contribution in [0.25, 0.3) is 28.8 Å². The molecule has 4 aliphatic rings. The van der Waals surface area contributed by atoms with E-state index in [2.05, 4.69) is 27.0 Å². The van der Waals surface area contributed by atoms with Gasteiger partial charge in [-0.2, -0.15) is 0 Å². The second kappa shape index (κ2) is 7.19. The van der Waals surface area contributed by atoms with Crippen molar-refractivity contribution < 1.29 is 41.6 Å². The van der Waals surface area contributed by atoms with E-state index in [-0.39, 0.29) is 17.1 Å². The van der Waals surface area contributed by atoms with E-state index in [1.54, 1.807) is 12.1 Å². The van der Waals surface area contributed by atoms with E-state index in [0.717, 1.165) is 10.9 Å². The number of hydrogen-bond acceptors (Lipinski definition) is 11. The molecule has 0 radical (unpaired) electrons. The lowest BCUT2D eigenvalue weighted by Crippen LogP contribution is -2.64. The Hall–Kier alpha value is -3.62. The zero-order valence-electron chi connectivity index (χ0n) is 17.3. The Morgan fingerprint density at radius 2 is 2.06 bits per heavy atom. The molecular formula is C19H13F2N6O7P. The van der Waals surface area contributed by atoms with Gasteiger partial charge in [0, 0.05) is 23.5 Å². The Labute approximate surface area is 194 Å². The van der Waals surface area contributed by atoms with Crippen molar-refractivity contribution in [3.63, 3.8) is 0 Å². The number of nitrogens with zero attached hydrogens (tertiary/aromatic N) is 6. The molecule has 16 heteroatoms. The number of pyridine rings is 1. The van der Waals surface area contributed by atoms with Gasteiger partial charge in [-0.25, -0.2) is 36.6 Å². The molecule has 1 N–H and O–H groups in total. The molecule has 13 nitrogen and oxygen atoms in total. The molecule has 1 aromatic carbocycles. The number of aromatic nitrogens is 5. The molecule has 0 aliphatic carbocycles. The maximum atomic E-state index is 15.1. The summed E-state index contributed by atoms with van der Waals surface area (Å²) in [6, 6.07) is 6.78. The van der Waals surface area contributed by atoms with Crippen molar-refractivity contribution in [3.8, 4) is 22.6 Å². The number of tetrazole rings is 1. The fourth-order valence-corrected chi connectivity index (χ4v) is 5.72. The number of aliphatic hydroxyl groups excluding tert-OH is 1. The van der Waals surface area contributed by atoms with Crippen molar-refractivity contribution in [2.45, 2.75) is 17.8 Å². The number of alkyl halides is 1. The van der Waals surface area contributed by atoms with E-state index in [1.165, 1.54) is 24.5 Å². The smallest absolute Gasteiger partial charge is 0.404 e. The Balaban J connectivity index is 1.32. The zero-order chi connectivity index (χ0) is 24.6. The highest BCUT2D eigenvalue weighted by Crippen LogP contribution is 2.81. The standard InChI is InChI=1S/C19H13F2N6O7P/c1-2-26-24-16(23-25-26)14-6-3-10(9-22-14)12-5-4-11(7-13(12)21)27-17(29)31-18(15(28)8-20)19(27)33-35(30,32-18)34-19/h2-7,9,15,28H,1,8H2/t15-,18+,19?,35?/m1/s1. The van der Waals surface area contributed by atoms with Gasteiger partial charge in [-0.1, -0.05) is 12.6 Å². The van der Waals surface area contributed by atoms with E-state index in [9.17, 15) is 18.9 Å². The minimum atomic E-state index is -4.17. The third-order valence-corrected chi connectivity index (χ3v) is 7.00. The second-order valence-electron chi connectivity index (χ2n) is 7.56. The number of aliphatic hydroxyl groups is 1. The van der Waals surface area contributed by atoms with Crippen LogP contribution in [-0.2, 0) is 22.9 Å². The summed E-state index contributed by atoms with van der Waals surface area (Å²) >= 11 is 0. The molecule has 3 aromatic rings. The predicted molar refractivity (Wildman–Crippen MR) is 110 cm³/mol. The molecule has 4 aliphatic heterocycles. The molecule has 1 spiro atoms. The van der Waals surface area contributed by atoms with E-state index in [1.807, 2.05) is 0 Å². The van der Waals surface area contributed by atoms with Crippen LogP contribution in [0.4, 0.5) is 19.3 Å². The average molecular weight is 506 g/mol. The molecule has 4 fully saturated rings. The highest BCUT2D eigenvalue weighted by atomic mass is 31.2. The van der Waals surface area contributed by atoms with E-state index >= 15 is 4.39 Å². The van der Waals surface area contributed by atoms with Crippen LogP contribution < -0.4 is 4.90 Å². The molecule has 2 bridgehead atoms. The monoisotopic (exact) mass is 506 g/mol. The van der Waals surface area contributed by atoms with Crippen molar-refractivity contribution >= 4 is 25.8 Å². The maximum Gasteiger partial charge on any atom is 0.486 e. The molecule has 6 heterocycles. The van der Waals surface area contributed by atoms with Crippen LogP contribution in [0.3, 0.4) is 0 Å². The summed E-state index contributed by atoms with van der Waals surface area (Å²) in [7, 11) is -4.17. The number of anilines is 1. The lowest BCUT2D eigenvalue weighted by Gasteiger charge is -2.39. The summed E-state index contributed by atoms with van der Waals surface area (Å²) in [4.78, 5) is 18.6. The number of phosphoric ester groups is 1. The Morgan fingerprint density at radius 1 is 1.26 bits per heavy atom. The molecule has 180 valence electrons. The Kier molecular flexibility index (Phi) is 4.50. The van der Waals surface area contributed by atoms with Crippen molar-refractivity contribution in [2.75, 3.05) is 11.6 Å². The molecule has 35 heavy (non-hydrogen) atoms. The van der Waals surface area contributed by atoms with E-state index in [4.69, 9.17) is 18.3 Å². The minimum absolute atomic E-state index is 0.124. The fraction of sp³-hybridized carbons (Fsp3) is 0.211. The average Bonchev–Trinajstić information content (AvgIpc) is 3.52. The van der Waals surface area contributed by atoms with Crippen molar-refractivity contribution in [2.24, 2.45) is 0 Å². The summed E-state index contributed by atoms with van der Waals surface area (Å²) in [6.07, 6.45) is -0.518. The predicted octanol–water partition coefficient (Wildman–Crippen LogP) is 2.46. The summed E-state index contributed by atoms with van der Waals surface area (Å²) < 4.78 is 60.9. The van der Waals surface area contributed by atoms with Crippen LogP contribution in [0, 0.1) is 5.82 Å². The molecule has 7 rings (SSSR count). The number of rotatable bonds is 6. The molecule has 0 unspecified atom stereocenters. The van der Waals surface area contributed by atoms with Gasteiger partial charge in [0.2, 0.25) is 5.82 Å². The minimum Gasteiger partial charge on any atom is -0.404 e. The number of benzene rings is 1. The molecule has 2 aromatic heterocycles. The molecule has 2 atom stereocenters. The number of carbonyl (C=O) groups excluding carboxylic acids is 1. The van der Waals surface area contributed by atoms with Gasteiger partial charge in [-0.05, 0) is 29.5 Å². The van der Waals surface area contributed by atoms with Gasteiger partial charge in [0.25, 0.3) is 0 Å². The van der Waals surface area contributed by atoms with Gasteiger partial charge in [-0.3, -0.25) is 4.98 Å². The SMILES string of the molecule is C=Cn1nnc(-c2ccc(-c3ccc(N4C(=O)O[C@@]5([C@H](O)CF)OP6(=O)OC45O6)cc3F)cn2)n1. The van der Waals surface area contributed by atoms with E-state index < -0.39 is 44.2 Å². The zero-order valence-corrected chi connectivity index (χ0v) is 18.2. The number of phosphoric acid groups is 1. The maximum absolute atomic E-state index is 15.1. The number of amides is 1. The Bertz CT molecular complexity index is 1430. The quantitative estimate of drug-likeness (QED) is 0.491. The molecule has 1 amide bonds. The number of carbonyl (C=O) groups is 1. The molecule has 0 saturated carbocycles. The van der Waals surface area contributed by atoms with Gasteiger partial charge in [0.05, 0.1) is 5.69 Å². The van der Waals surface area contributed by atoms with Crippen LogP contribution in [0.15, 0.2) is 43.1 Å². The lowest BCUT2D eigenvalue weighted by atomic mass is 10.0. The summed E-state index contributed by atoms with van der Waals surface area (Å²) in [5.41, 5.74) is 0.767. The molecular weight excluding hydrogens is 493 g/mol. The number of halogens is 2. The first-order chi connectivity index (χ1) is 16.7. The van der Waals surface area contributed by atoms with Crippen LogP contribution in [-0.4, -0.2) is 60.9 Å². The normalized spacial score (nSPS) is 29.5. The van der Waals surface area contributed by atoms with Crippen LogP contribution in [0.5, 0.6) is 0 Å². The summed E-state index contributed by atoms with van der Waals surface area (Å²) in [5, 5.41) is 21.7. The molecule has 4 saturated heterocycles. The van der Waals surface area contributed by atoms with Crippen molar-refractivity contribution in [1.82, 2.24) is 25.2 Å². The van der Waals surface area contributed by atoms with Gasteiger partial charge in [0.1, 0.15) is 18.2 Å². The van der Waals surface area contributed by atoms with Gasteiger partial charge < -0.3 is 9.84 Å². The van der Waals surface area contributed by atoms with E-state index in [0.29, 0.717) is 16.2 Å². The highest BCUT2D eigenvalue weighted by Gasteiger charge is 2.91. The third kappa shape index (κ3) is 2.87. The summed E-state index contributed by atoms with van der Waals surface area (Å²) in [5.74, 6) is -5.44.